The van der Waals surface area contributed by atoms with Crippen LogP contribution in [0.4, 0.5) is 0 Å². The molecule has 0 amide bonds. The molecule has 0 N–H and O–H groups in total. The molecule has 0 aliphatic heterocycles. The van der Waals surface area contributed by atoms with Gasteiger partial charge in [-0.05, 0) is 43.9 Å². The first-order valence-corrected chi connectivity index (χ1v) is 7.80. The quantitative estimate of drug-likeness (QED) is 0.697. The topological polar surface area (TPSA) is 17.1 Å². The second-order valence-corrected chi connectivity index (χ2v) is 6.25. The molecule has 2 saturated carbocycles. The molecule has 2 fully saturated rings. The van der Waals surface area contributed by atoms with E-state index in [1.165, 1.54) is 57.8 Å². The first-order chi connectivity index (χ1) is 8.26. The van der Waals surface area contributed by atoms with Crippen molar-refractivity contribution < 1.29 is 4.79 Å². The standard InChI is InChI=1S/C16H28O/c1-3-12-9-10-14(11-12)16(17)15-8-6-5-7-13(15)4-2/h12-15H,3-11H2,1-2H3. The maximum atomic E-state index is 12.6. The van der Waals surface area contributed by atoms with Crippen molar-refractivity contribution in [3.05, 3.63) is 0 Å². The van der Waals surface area contributed by atoms with Gasteiger partial charge in [0.25, 0.3) is 0 Å². The van der Waals surface area contributed by atoms with Gasteiger partial charge in [-0.15, -0.1) is 0 Å². The van der Waals surface area contributed by atoms with Crippen molar-refractivity contribution in [2.75, 3.05) is 0 Å². The fourth-order valence-electron chi connectivity index (χ4n) is 4.08. The summed E-state index contributed by atoms with van der Waals surface area (Å²) in [6.07, 6.45) is 11.3. The lowest BCUT2D eigenvalue weighted by atomic mass is 9.72. The van der Waals surface area contributed by atoms with E-state index in [0.29, 0.717) is 23.5 Å². The maximum absolute atomic E-state index is 12.6. The van der Waals surface area contributed by atoms with Crippen molar-refractivity contribution in [3.8, 4) is 0 Å². The van der Waals surface area contributed by atoms with Crippen molar-refractivity contribution in [3.63, 3.8) is 0 Å². The zero-order valence-electron chi connectivity index (χ0n) is 11.6. The van der Waals surface area contributed by atoms with Gasteiger partial charge in [-0.2, -0.15) is 0 Å². The fraction of sp³-hybridized carbons (Fsp3) is 0.938. The highest BCUT2D eigenvalue weighted by molar-refractivity contribution is 5.84. The van der Waals surface area contributed by atoms with E-state index in [-0.39, 0.29) is 0 Å². The first-order valence-electron chi connectivity index (χ1n) is 7.80. The van der Waals surface area contributed by atoms with Gasteiger partial charge >= 0.3 is 0 Å². The van der Waals surface area contributed by atoms with E-state index < -0.39 is 0 Å². The molecule has 1 heteroatoms. The summed E-state index contributed by atoms with van der Waals surface area (Å²) < 4.78 is 0. The zero-order valence-corrected chi connectivity index (χ0v) is 11.6. The van der Waals surface area contributed by atoms with Crippen LogP contribution in [0.2, 0.25) is 0 Å². The van der Waals surface area contributed by atoms with Crippen LogP contribution in [0, 0.1) is 23.7 Å². The molecule has 4 unspecified atom stereocenters. The van der Waals surface area contributed by atoms with Crippen LogP contribution in [0.5, 0.6) is 0 Å². The minimum Gasteiger partial charge on any atom is -0.299 e. The Morgan fingerprint density at radius 1 is 1.00 bits per heavy atom. The van der Waals surface area contributed by atoms with Crippen LogP contribution < -0.4 is 0 Å². The number of rotatable bonds is 4. The number of carbonyl (C=O) groups is 1. The van der Waals surface area contributed by atoms with E-state index in [0.717, 1.165) is 5.92 Å². The van der Waals surface area contributed by atoms with Gasteiger partial charge in [-0.3, -0.25) is 4.79 Å². The SMILES string of the molecule is CCC1CCC(C(=O)C2CCCCC2CC)C1. The van der Waals surface area contributed by atoms with Crippen molar-refractivity contribution in [1.82, 2.24) is 0 Å². The molecule has 0 aromatic heterocycles. The van der Waals surface area contributed by atoms with Gasteiger partial charge in [0.2, 0.25) is 0 Å². The second-order valence-electron chi connectivity index (χ2n) is 6.25. The molecule has 0 radical (unpaired) electrons. The normalized spacial score (nSPS) is 38.2. The van der Waals surface area contributed by atoms with Crippen molar-refractivity contribution in [2.24, 2.45) is 23.7 Å². The summed E-state index contributed by atoms with van der Waals surface area (Å²) in [6, 6.07) is 0. The summed E-state index contributed by atoms with van der Waals surface area (Å²) in [4.78, 5) is 12.6. The average Bonchev–Trinajstić information content (AvgIpc) is 2.86. The molecule has 0 saturated heterocycles. The Labute approximate surface area is 106 Å². The Hall–Kier alpha value is -0.330. The monoisotopic (exact) mass is 236 g/mol. The van der Waals surface area contributed by atoms with Crippen LogP contribution in [0.25, 0.3) is 0 Å². The van der Waals surface area contributed by atoms with Gasteiger partial charge in [0.1, 0.15) is 5.78 Å². The van der Waals surface area contributed by atoms with Crippen molar-refractivity contribution in [1.29, 1.82) is 0 Å². The molecule has 1 nitrogen and oxygen atoms in total. The number of hydrogen-bond donors (Lipinski definition) is 0. The molecule has 98 valence electrons. The van der Waals surface area contributed by atoms with E-state index in [4.69, 9.17) is 0 Å². The van der Waals surface area contributed by atoms with Gasteiger partial charge in [0, 0.05) is 11.8 Å². The molecule has 0 bridgehead atoms. The van der Waals surface area contributed by atoms with Gasteiger partial charge in [0.05, 0.1) is 0 Å². The van der Waals surface area contributed by atoms with E-state index in [2.05, 4.69) is 13.8 Å². The molecule has 0 spiro atoms. The van der Waals surface area contributed by atoms with Crippen LogP contribution in [-0.4, -0.2) is 5.78 Å². The second kappa shape index (κ2) is 6.02. The van der Waals surface area contributed by atoms with Crippen molar-refractivity contribution >= 4 is 5.78 Å². The summed E-state index contributed by atoms with van der Waals surface area (Å²) >= 11 is 0. The Kier molecular flexibility index (Phi) is 4.64. The average molecular weight is 236 g/mol. The molecular weight excluding hydrogens is 208 g/mol. The highest BCUT2D eigenvalue weighted by atomic mass is 16.1. The number of Topliss-reactive ketones (excluding diaryl/α,β-unsaturated/α-hetero) is 1. The maximum Gasteiger partial charge on any atom is 0.139 e. The van der Waals surface area contributed by atoms with Gasteiger partial charge in [-0.25, -0.2) is 0 Å². The summed E-state index contributed by atoms with van der Waals surface area (Å²) in [5, 5.41) is 0. The van der Waals surface area contributed by atoms with E-state index in [9.17, 15) is 4.79 Å². The minimum absolute atomic E-state index is 0.425. The van der Waals surface area contributed by atoms with E-state index in [1.54, 1.807) is 0 Å². The van der Waals surface area contributed by atoms with E-state index >= 15 is 0 Å². The molecule has 2 aliphatic rings. The van der Waals surface area contributed by atoms with Crippen LogP contribution in [0.15, 0.2) is 0 Å². The Morgan fingerprint density at radius 2 is 1.76 bits per heavy atom. The molecule has 2 rings (SSSR count). The molecule has 17 heavy (non-hydrogen) atoms. The van der Waals surface area contributed by atoms with Gasteiger partial charge < -0.3 is 0 Å². The summed E-state index contributed by atoms with van der Waals surface area (Å²) in [5.41, 5.74) is 0. The molecule has 0 aromatic carbocycles. The highest BCUT2D eigenvalue weighted by Crippen LogP contribution is 2.40. The third-order valence-electron chi connectivity index (χ3n) is 5.32. The Bertz CT molecular complexity index is 258. The molecular formula is C16H28O. The van der Waals surface area contributed by atoms with Gasteiger partial charge in [0.15, 0.2) is 0 Å². The fourth-order valence-corrected chi connectivity index (χ4v) is 4.08. The third kappa shape index (κ3) is 2.92. The van der Waals surface area contributed by atoms with Crippen LogP contribution >= 0.6 is 0 Å². The van der Waals surface area contributed by atoms with Crippen molar-refractivity contribution in [2.45, 2.75) is 71.6 Å². The molecule has 2 aliphatic carbocycles. The lowest BCUT2D eigenvalue weighted by molar-refractivity contribution is -0.129. The summed E-state index contributed by atoms with van der Waals surface area (Å²) in [7, 11) is 0. The van der Waals surface area contributed by atoms with Crippen LogP contribution in [-0.2, 0) is 4.79 Å². The minimum atomic E-state index is 0.425. The van der Waals surface area contributed by atoms with Crippen LogP contribution in [0.1, 0.15) is 71.6 Å². The number of carbonyl (C=O) groups excluding carboxylic acids is 1. The zero-order chi connectivity index (χ0) is 12.3. The Morgan fingerprint density at radius 3 is 2.41 bits per heavy atom. The highest BCUT2D eigenvalue weighted by Gasteiger charge is 2.36. The smallest absolute Gasteiger partial charge is 0.139 e. The molecule has 0 heterocycles. The van der Waals surface area contributed by atoms with E-state index in [1.807, 2.05) is 0 Å². The summed E-state index contributed by atoms with van der Waals surface area (Å²) in [5.74, 6) is 3.04. The number of ketones is 1. The molecule has 4 atom stereocenters. The van der Waals surface area contributed by atoms with Crippen LogP contribution in [0.3, 0.4) is 0 Å². The third-order valence-corrected chi connectivity index (χ3v) is 5.32. The molecule has 0 aromatic rings. The predicted molar refractivity (Wildman–Crippen MR) is 71.9 cm³/mol. The lowest BCUT2D eigenvalue weighted by Crippen LogP contribution is -2.31. The number of hydrogen-bond acceptors (Lipinski definition) is 1. The largest absolute Gasteiger partial charge is 0.299 e. The first kappa shape index (κ1) is 13.1. The predicted octanol–water partition coefficient (Wildman–Crippen LogP) is 4.60. The summed E-state index contributed by atoms with van der Waals surface area (Å²) in [6.45, 7) is 4.53. The Balaban J connectivity index is 1.94. The lowest BCUT2D eigenvalue weighted by Gasteiger charge is -2.31. The van der Waals surface area contributed by atoms with Gasteiger partial charge in [-0.1, -0.05) is 39.5 Å².